The van der Waals surface area contributed by atoms with Crippen LogP contribution in [0.5, 0.6) is 0 Å². The molecule has 2 saturated heterocycles. The lowest BCUT2D eigenvalue weighted by Crippen LogP contribution is -2.62. The van der Waals surface area contributed by atoms with Crippen molar-refractivity contribution in [1.82, 2.24) is 9.55 Å². The third kappa shape index (κ3) is 13.0. The number of benzene rings is 1. The van der Waals surface area contributed by atoms with Crippen LogP contribution in [0.15, 0.2) is 34.2 Å². The number of thioether (sulfide) groups is 1. The highest BCUT2D eigenvalue weighted by molar-refractivity contribution is 7.99. The Balaban J connectivity index is 2.13. The zero-order chi connectivity index (χ0) is 46.9. The average Bonchev–Trinajstić information content (AvgIpc) is 3.16. The summed E-state index contributed by atoms with van der Waals surface area (Å²) < 4.78 is 57.8. The fraction of sp³-hybridized carbons (Fsp3) is 0.513. The molecular weight excluding hydrogens is 882 g/mol. The molecule has 0 amide bonds. The largest absolute Gasteiger partial charge is 0.463 e. The second-order valence-corrected chi connectivity index (χ2v) is 15.2. The van der Waals surface area contributed by atoms with Crippen LogP contribution in [0, 0.1) is 11.3 Å². The van der Waals surface area contributed by atoms with Crippen LogP contribution in [-0.2, 0) is 85.7 Å². The summed E-state index contributed by atoms with van der Waals surface area (Å²) in [5.74, 6) is -7.31. The lowest BCUT2D eigenvalue weighted by Gasteiger charge is -2.46. The van der Waals surface area contributed by atoms with Crippen LogP contribution in [0.25, 0.3) is 11.3 Å². The van der Waals surface area contributed by atoms with Gasteiger partial charge >= 0.3 is 47.8 Å². The van der Waals surface area contributed by atoms with E-state index in [0.717, 1.165) is 60.0 Å². The molecule has 1 aromatic carbocycles. The monoisotopic (exact) mass is 923 g/mol. The van der Waals surface area contributed by atoms with Crippen LogP contribution in [0.2, 0.25) is 5.02 Å². The van der Waals surface area contributed by atoms with Gasteiger partial charge in [-0.3, -0.25) is 47.7 Å². The highest BCUT2D eigenvalue weighted by atomic mass is 35.5. The Hall–Kier alpha value is -6.09. The van der Waals surface area contributed by atoms with E-state index in [1.54, 1.807) is 0 Å². The van der Waals surface area contributed by atoms with Gasteiger partial charge in [0.15, 0.2) is 53.4 Å². The molecule has 10 atom stereocenters. The van der Waals surface area contributed by atoms with Gasteiger partial charge in [-0.25, -0.2) is 0 Å². The van der Waals surface area contributed by atoms with Crippen molar-refractivity contribution in [1.29, 1.82) is 5.26 Å². The molecule has 2 aliphatic heterocycles. The summed E-state index contributed by atoms with van der Waals surface area (Å²) in [7, 11) is 0. The van der Waals surface area contributed by atoms with E-state index in [2.05, 4.69) is 4.98 Å². The number of esters is 8. The maximum absolute atomic E-state index is 14.0. The zero-order valence-corrected chi connectivity index (χ0v) is 36.5. The SMILES string of the molecule is CC(=O)OC[C@H]1O[C@@H](n2c(S[C@@H]3O[C@H](COC(C)=O)[C@@H](OC(C)=O)[C@H](OC(C)=O)[C@H]3OC(C)=O)nc(=O)c(C#N)c2-c2ccc(Cl)cc2)[C@H](OC(C)=O)[C@@H](OC(C)=O)[C@@H]1OC(C)=O. The van der Waals surface area contributed by atoms with Gasteiger partial charge in [-0.05, 0) is 17.7 Å². The van der Waals surface area contributed by atoms with Crippen molar-refractivity contribution in [2.75, 3.05) is 13.2 Å². The topological polar surface area (TPSA) is 288 Å². The van der Waals surface area contributed by atoms with E-state index in [-0.39, 0.29) is 16.3 Å². The van der Waals surface area contributed by atoms with Crippen molar-refractivity contribution in [2.24, 2.45) is 0 Å². The van der Waals surface area contributed by atoms with Crippen molar-refractivity contribution in [3.05, 3.63) is 45.2 Å². The van der Waals surface area contributed by atoms with Crippen molar-refractivity contribution < 1.29 is 85.7 Å². The summed E-state index contributed by atoms with van der Waals surface area (Å²) in [6, 6.07) is 7.44. The fourth-order valence-corrected chi connectivity index (χ4v) is 7.95. The van der Waals surface area contributed by atoms with Crippen molar-refractivity contribution in [2.45, 2.75) is 121 Å². The summed E-state index contributed by atoms with van der Waals surface area (Å²) in [6.45, 7) is 6.90. The number of carbonyl (C=O) groups excluding carboxylic acids is 8. The molecule has 0 spiro atoms. The van der Waals surface area contributed by atoms with E-state index in [1.807, 2.05) is 6.07 Å². The molecule has 3 heterocycles. The number of halogens is 1. The summed E-state index contributed by atoms with van der Waals surface area (Å²) in [5, 5.41) is 10.3. The maximum Gasteiger partial charge on any atom is 0.303 e. The Kier molecular flexibility index (Phi) is 17.2. The van der Waals surface area contributed by atoms with E-state index in [1.165, 1.54) is 24.3 Å². The molecule has 0 radical (unpaired) electrons. The van der Waals surface area contributed by atoms with E-state index in [4.69, 9.17) is 59.0 Å². The predicted octanol–water partition coefficient (Wildman–Crippen LogP) is 1.87. The first-order valence-electron chi connectivity index (χ1n) is 18.7. The summed E-state index contributed by atoms with van der Waals surface area (Å²) in [4.78, 5) is 118. The Labute approximate surface area is 367 Å². The first-order chi connectivity index (χ1) is 29.6. The summed E-state index contributed by atoms with van der Waals surface area (Å²) in [6.07, 6.45) is -15.1. The number of aromatic nitrogens is 2. The van der Waals surface area contributed by atoms with Crippen LogP contribution < -0.4 is 5.56 Å². The highest BCUT2D eigenvalue weighted by Gasteiger charge is 2.56. The predicted molar refractivity (Wildman–Crippen MR) is 209 cm³/mol. The molecule has 22 nitrogen and oxygen atoms in total. The van der Waals surface area contributed by atoms with E-state index < -0.39 is 138 Å². The van der Waals surface area contributed by atoms with Gasteiger partial charge in [0.2, 0.25) is 0 Å². The zero-order valence-electron chi connectivity index (χ0n) is 34.9. The first-order valence-corrected chi connectivity index (χ1v) is 20.0. The van der Waals surface area contributed by atoms with Crippen LogP contribution in [0.4, 0.5) is 0 Å². The van der Waals surface area contributed by atoms with Gasteiger partial charge in [0, 0.05) is 60.4 Å². The standard InChI is InChI=1S/C39H42ClN3O19S/c1-16(44)53-14-27-30(55-18(3)46)32(57-20(5)48)34(59-22(7)50)37(61-27)43-29(24-9-11-25(40)12-10-24)26(13-41)36(52)42-39(43)63-38-35(60-23(8)51)33(58-21(6)49)31(56-19(4)47)28(62-38)15-54-17(2)45/h9-12,27-28,30-35,37-38H,14-15H2,1-8H3/t27-,28-,30-,31-,32+,33+,34-,35-,37-,38+/m1/s1. The number of hydrogen-bond acceptors (Lipinski definition) is 22. The van der Waals surface area contributed by atoms with Crippen molar-refractivity contribution in [3.8, 4) is 17.3 Å². The van der Waals surface area contributed by atoms with Gasteiger partial charge in [0.05, 0.1) is 5.69 Å². The number of rotatable bonds is 14. The number of nitriles is 1. The first kappa shape index (κ1) is 49.6. The summed E-state index contributed by atoms with van der Waals surface area (Å²) in [5.41, 5.74) is -3.64. The van der Waals surface area contributed by atoms with Gasteiger partial charge in [-0.2, -0.15) is 10.2 Å². The molecular formula is C39H42ClN3O19S. The molecule has 0 unspecified atom stereocenters. The van der Waals surface area contributed by atoms with Crippen LogP contribution >= 0.6 is 23.4 Å². The minimum absolute atomic E-state index is 0.0895. The number of carbonyl (C=O) groups is 8. The fourth-order valence-electron chi connectivity index (χ4n) is 6.63. The molecule has 4 rings (SSSR count). The van der Waals surface area contributed by atoms with Crippen LogP contribution in [0.3, 0.4) is 0 Å². The normalized spacial score (nSPS) is 25.2. The van der Waals surface area contributed by atoms with E-state index in [9.17, 15) is 48.4 Å². The molecule has 63 heavy (non-hydrogen) atoms. The molecule has 2 fully saturated rings. The van der Waals surface area contributed by atoms with Crippen LogP contribution in [-0.4, -0.2) is 125 Å². The molecule has 0 N–H and O–H groups in total. The number of nitrogens with zero attached hydrogens (tertiary/aromatic N) is 3. The molecule has 2 aromatic rings. The minimum atomic E-state index is -1.87. The van der Waals surface area contributed by atoms with Gasteiger partial charge in [-0.15, -0.1) is 0 Å². The molecule has 1 aromatic heterocycles. The van der Waals surface area contributed by atoms with Crippen molar-refractivity contribution in [3.63, 3.8) is 0 Å². The summed E-state index contributed by atoms with van der Waals surface area (Å²) >= 11 is 6.71. The van der Waals surface area contributed by atoms with Gasteiger partial charge in [-0.1, -0.05) is 35.5 Å². The average molecular weight is 924 g/mol. The molecule has 24 heteroatoms. The van der Waals surface area contributed by atoms with Gasteiger partial charge in [0.25, 0.3) is 5.56 Å². The maximum atomic E-state index is 14.0. The minimum Gasteiger partial charge on any atom is -0.463 e. The van der Waals surface area contributed by atoms with Gasteiger partial charge < -0.3 is 47.4 Å². The second kappa shape index (κ2) is 21.8. The lowest BCUT2D eigenvalue weighted by atomic mass is 9.96. The number of hydrogen-bond donors (Lipinski definition) is 0. The number of ether oxygens (including phenoxy) is 10. The highest BCUT2D eigenvalue weighted by Crippen LogP contribution is 2.43. The second-order valence-electron chi connectivity index (χ2n) is 13.7. The third-order valence-corrected chi connectivity index (χ3v) is 10.1. The van der Waals surface area contributed by atoms with E-state index in [0.29, 0.717) is 11.8 Å². The Morgan fingerprint density at radius 3 is 1.49 bits per heavy atom. The molecule has 2 aliphatic rings. The van der Waals surface area contributed by atoms with E-state index >= 15 is 0 Å². The smallest absolute Gasteiger partial charge is 0.303 e. The van der Waals surface area contributed by atoms with Gasteiger partial charge in [0.1, 0.15) is 37.1 Å². The molecule has 0 aliphatic carbocycles. The molecule has 0 saturated carbocycles. The molecule has 0 bridgehead atoms. The quantitative estimate of drug-likeness (QED) is 0.148. The Morgan fingerprint density at radius 1 is 0.635 bits per heavy atom. The Bertz CT molecular complexity index is 2210. The lowest BCUT2D eigenvalue weighted by molar-refractivity contribution is -0.269. The van der Waals surface area contributed by atoms with Crippen molar-refractivity contribution >= 4 is 71.1 Å². The van der Waals surface area contributed by atoms with Crippen LogP contribution in [0.1, 0.15) is 67.2 Å². The Morgan fingerprint density at radius 2 is 1.05 bits per heavy atom. The molecule has 340 valence electrons. The third-order valence-electron chi connectivity index (χ3n) is 8.71.